The summed E-state index contributed by atoms with van der Waals surface area (Å²) in [4.78, 5) is 0. The van der Waals surface area contributed by atoms with Gasteiger partial charge in [-0.15, -0.1) is 0 Å². The van der Waals surface area contributed by atoms with Crippen molar-refractivity contribution in [1.82, 2.24) is 0 Å². The molecule has 0 aromatic heterocycles. The molecule has 6 heteroatoms. The summed E-state index contributed by atoms with van der Waals surface area (Å²) in [5.41, 5.74) is 15.0. The van der Waals surface area contributed by atoms with E-state index in [1.807, 2.05) is 84.9 Å². The summed E-state index contributed by atoms with van der Waals surface area (Å²) in [6.45, 7) is 0. The smallest absolute Gasteiger partial charge is 0.142 e. The molecule has 0 bridgehead atoms. The van der Waals surface area contributed by atoms with Crippen LogP contribution in [0.5, 0.6) is 34.5 Å². The molecule has 0 radical (unpaired) electrons. The Kier molecular flexibility index (Phi) is 7.65. The fraction of sp³-hybridized carbons (Fsp3) is 0. The minimum absolute atomic E-state index is 0.0894. The number of rotatable bonds is 4. The molecule has 212 valence electrons. The van der Waals surface area contributed by atoms with E-state index in [4.69, 9.17) is 20.9 Å². The zero-order chi connectivity index (χ0) is 30.5. The van der Waals surface area contributed by atoms with Crippen molar-refractivity contribution in [3.63, 3.8) is 0 Å². The van der Waals surface area contributed by atoms with Crippen LogP contribution in [-0.4, -0.2) is 10.2 Å². The van der Waals surface area contributed by atoms with Crippen LogP contribution in [-0.2, 0) is 0 Å². The van der Waals surface area contributed by atoms with Crippen LogP contribution >= 0.6 is 0 Å². The average molecular weight is 575 g/mol. The highest BCUT2D eigenvalue weighted by molar-refractivity contribution is 6.00. The Morgan fingerprint density at radius 3 is 1.61 bits per heavy atom. The number of ether oxygens (including phenoxy) is 2. The molecule has 0 amide bonds. The Balaban J connectivity index is 1.61. The van der Waals surface area contributed by atoms with Gasteiger partial charge in [0.15, 0.2) is 0 Å². The molecule has 0 aliphatic heterocycles. The molecule has 0 unspecified atom stereocenters. The summed E-state index contributed by atoms with van der Waals surface area (Å²) >= 11 is 0. The van der Waals surface area contributed by atoms with E-state index in [0.717, 1.165) is 11.1 Å². The lowest BCUT2D eigenvalue weighted by molar-refractivity contribution is 0.456. The number of fused-ring (bicyclic) bond motifs is 1. The molecule has 0 heterocycles. The van der Waals surface area contributed by atoms with Crippen molar-refractivity contribution in [2.75, 3.05) is 11.5 Å². The van der Waals surface area contributed by atoms with Gasteiger partial charge in [-0.3, -0.25) is 0 Å². The quantitative estimate of drug-likeness (QED) is 0.0971. The van der Waals surface area contributed by atoms with Crippen LogP contribution in [0, 0.1) is 23.7 Å². The van der Waals surface area contributed by atoms with Gasteiger partial charge in [0.1, 0.15) is 34.5 Å². The largest absolute Gasteiger partial charge is 0.506 e. The monoisotopic (exact) mass is 574 g/mol. The molecule has 6 nitrogen and oxygen atoms in total. The Bertz CT molecular complexity index is 2070. The molecule has 0 atom stereocenters. The van der Waals surface area contributed by atoms with Crippen LogP contribution in [0.1, 0.15) is 22.3 Å². The summed E-state index contributed by atoms with van der Waals surface area (Å²) in [6, 6.07) is 36.1. The van der Waals surface area contributed by atoms with Gasteiger partial charge in [0.2, 0.25) is 0 Å². The van der Waals surface area contributed by atoms with Gasteiger partial charge in [-0.25, -0.2) is 0 Å². The number of benzene rings is 6. The van der Waals surface area contributed by atoms with Gasteiger partial charge in [0, 0.05) is 39.6 Å². The third-order valence-electron chi connectivity index (χ3n) is 6.77. The van der Waals surface area contributed by atoms with Gasteiger partial charge in [0.05, 0.1) is 16.9 Å². The van der Waals surface area contributed by atoms with E-state index >= 15 is 0 Å². The van der Waals surface area contributed by atoms with E-state index in [9.17, 15) is 10.2 Å². The maximum Gasteiger partial charge on any atom is 0.142 e. The van der Waals surface area contributed by atoms with Gasteiger partial charge in [-0.2, -0.15) is 0 Å². The topological polar surface area (TPSA) is 111 Å². The molecule has 0 spiro atoms. The number of phenols is 2. The average Bonchev–Trinajstić information content (AvgIpc) is 3.04. The molecule has 0 saturated carbocycles. The third kappa shape index (κ3) is 6.06. The maximum absolute atomic E-state index is 10.2. The second kappa shape index (κ2) is 12.2. The fourth-order valence-corrected chi connectivity index (χ4v) is 4.55. The maximum atomic E-state index is 10.2. The molecule has 0 fully saturated rings. The highest BCUT2D eigenvalue weighted by atomic mass is 16.5. The number of nitrogen functional groups attached to an aromatic ring is 2. The Hall–Kier alpha value is -6.50. The van der Waals surface area contributed by atoms with Crippen molar-refractivity contribution in [1.29, 1.82) is 0 Å². The SMILES string of the molecule is Nc1ccc(Oc2cc(C#Cc3ccccc3)c(C#Cc3ccccc3)c3c(Oc4ccc(N)c(O)c4)cccc23)cc1O. The van der Waals surface area contributed by atoms with Crippen molar-refractivity contribution in [2.45, 2.75) is 0 Å². The van der Waals surface area contributed by atoms with Gasteiger partial charge in [-0.05, 0) is 60.7 Å². The zero-order valence-corrected chi connectivity index (χ0v) is 23.4. The summed E-state index contributed by atoms with van der Waals surface area (Å²) in [7, 11) is 0. The van der Waals surface area contributed by atoms with Crippen LogP contribution < -0.4 is 20.9 Å². The molecule has 6 N–H and O–H groups in total. The normalized spacial score (nSPS) is 10.3. The predicted molar refractivity (Wildman–Crippen MR) is 174 cm³/mol. The van der Waals surface area contributed by atoms with Crippen LogP contribution in [0.4, 0.5) is 11.4 Å². The zero-order valence-electron chi connectivity index (χ0n) is 23.4. The highest BCUT2D eigenvalue weighted by Gasteiger charge is 2.18. The highest BCUT2D eigenvalue weighted by Crippen LogP contribution is 2.41. The lowest BCUT2D eigenvalue weighted by Crippen LogP contribution is -1.96. The first-order valence-electron chi connectivity index (χ1n) is 13.7. The second-order valence-electron chi connectivity index (χ2n) is 9.85. The molecule has 6 aromatic rings. The Morgan fingerprint density at radius 2 is 1.05 bits per heavy atom. The molecule has 6 rings (SSSR count). The van der Waals surface area contributed by atoms with E-state index in [-0.39, 0.29) is 22.9 Å². The first-order chi connectivity index (χ1) is 21.4. The number of aromatic hydroxyl groups is 2. The van der Waals surface area contributed by atoms with Crippen molar-refractivity contribution in [3.05, 3.63) is 144 Å². The van der Waals surface area contributed by atoms with Gasteiger partial charge in [-0.1, -0.05) is 72.2 Å². The second-order valence-corrected chi connectivity index (χ2v) is 9.85. The van der Waals surface area contributed by atoms with Crippen molar-refractivity contribution < 1.29 is 19.7 Å². The summed E-state index contributed by atoms with van der Waals surface area (Å²) in [6.07, 6.45) is 0. The summed E-state index contributed by atoms with van der Waals surface area (Å²) in [5, 5.41) is 21.8. The van der Waals surface area contributed by atoms with E-state index in [1.54, 1.807) is 24.3 Å². The molecule has 0 saturated heterocycles. The van der Waals surface area contributed by atoms with Crippen molar-refractivity contribution >= 4 is 22.1 Å². The lowest BCUT2D eigenvalue weighted by Gasteiger charge is -2.16. The minimum Gasteiger partial charge on any atom is -0.506 e. The first-order valence-corrected chi connectivity index (χ1v) is 13.7. The fourth-order valence-electron chi connectivity index (χ4n) is 4.55. The first kappa shape index (κ1) is 27.7. The van der Waals surface area contributed by atoms with Crippen LogP contribution in [0.15, 0.2) is 121 Å². The summed E-state index contributed by atoms with van der Waals surface area (Å²) in [5.74, 6) is 14.7. The lowest BCUT2D eigenvalue weighted by atomic mass is 9.96. The van der Waals surface area contributed by atoms with E-state index in [0.29, 0.717) is 44.9 Å². The third-order valence-corrected chi connectivity index (χ3v) is 6.77. The number of hydrogen-bond acceptors (Lipinski definition) is 6. The molecule has 44 heavy (non-hydrogen) atoms. The minimum atomic E-state index is -0.0894. The number of phenolic OH excluding ortho intramolecular Hbond substituents is 2. The molecule has 0 aliphatic carbocycles. The van der Waals surface area contributed by atoms with Gasteiger partial charge in [0.25, 0.3) is 0 Å². The van der Waals surface area contributed by atoms with E-state index < -0.39 is 0 Å². The predicted octanol–water partition coefficient (Wildman–Crippen LogP) is 7.80. The molecular weight excluding hydrogens is 548 g/mol. The van der Waals surface area contributed by atoms with Gasteiger partial charge >= 0.3 is 0 Å². The molecule has 6 aromatic carbocycles. The summed E-state index contributed by atoms with van der Waals surface area (Å²) < 4.78 is 12.7. The molecular formula is C38H26N2O4. The number of anilines is 2. The number of hydrogen-bond donors (Lipinski definition) is 4. The Morgan fingerprint density at radius 1 is 0.500 bits per heavy atom. The van der Waals surface area contributed by atoms with Gasteiger partial charge < -0.3 is 31.2 Å². The van der Waals surface area contributed by atoms with Crippen LogP contribution in [0.3, 0.4) is 0 Å². The standard InChI is InChI=1S/C38H26N2O4/c39-32-20-17-28(23-34(32)41)43-36-13-7-12-31-37(44-29-18-21-33(40)35(42)24-29)22-27(16-14-25-8-3-1-4-9-25)30(38(31)36)19-15-26-10-5-2-6-11-26/h1-13,17-18,20-24,41-42H,39-40H2. The van der Waals surface area contributed by atoms with E-state index in [1.165, 1.54) is 12.1 Å². The Labute approximate surface area is 254 Å². The van der Waals surface area contributed by atoms with Crippen LogP contribution in [0.25, 0.3) is 10.8 Å². The molecule has 0 aliphatic rings. The van der Waals surface area contributed by atoms with E-state index in [2.05, 4.69) is 23.7 Å². The van der Waals surface area contributed by atoms with Crippen LogP contribution in [0.2, 0.25) is 0 Å². The van der Waals surface area contributed by atoms with Crippen molar-refractivity contribution in [2.24, 2.45) is 0 Å². The number of nitrogens with two attached hydrogens (primary N) is 2. The van der Waals surface area contributed by atoms with Crippen molar-refractivity contribution in [3.8, 4) is 58.2 Å².